The fraction of sp³-hybridized carbons (Fsp3) is 0.385. The molecule has 0 bridgehead atoms. The quantitative estimate of drug-likeness (QED) is 0.819. The molecule has 1 atom stereocenters. The van der Waals surface area contributed by atoms with Crippen LogP contribution in [-0.2, 0) is 16.0 Å². The number of ketones is 1. The molecule has 1 aromatic carbocycles. The first-order chi connectivity index (χ1) is 7.99. The molecule has 0 fully saturated rings. The summed E-state index contributed by atoms with van der Waals surface area (Å²) >= 11 is 0. The molecule has 0 radical (unpaired) electrons. The Morgan fingerprint density at radius 3 is 2.35 bits per heavy atom. The van der Waals surface area contributed by atoms with Crippen molar-refractivity contribution in [3.8, 4) is 5.75 Å². The predicted molar refractivity (Wildman–Crippen MR) is 63.1 cm³/mol. The fourth-order valence-corrected chi connectivity index (χ4v) is 1.36. The normalized spacial score (nSPS) is 11.9. The highest BCUT2D eigenvalue weighted by Crippen LogP contribution is 2.15. The van der Waals surface area contributed by atoms with Crippen LogP contribution in [0, 0.1) is 5.92 Å². The molecule has 1 rings (SSSR count). The van der Waals surface area contributed by atoms with Gasteiger partial charge in [0.1, 0.15) is 11.5 Å². The number of carbonyl (C=O) groups excluding carboxylic acids is 1. The summed E-state index contributed by atoms with van der Waals surface area (Å²) in [5.74, 6) is -0.317. The van der Waals surface area contributed by atoms with Gasteiger partial charge in [0.25, 0.3) is 0 Å². The minimum atomic E-state index is -1.00. The lowest BCUT2D eigenvalue weighted by Crippen LogP contribution is -2.10. The van der Waals surface area contributed by atoms with Crippen molar-refractivity contribution in [2.24, 2.45) is 5.92 Å². The summed E-state index contributed by atoms with van der Waals surface area (Å²) in [6, 6.07) is 7.11. The summed E-state index contributed by atoms with van der Waals surface area (Å²) in [6.07, 6.45) is 0.689. The lowest BCUT2D eigenvalue weighted by molar-refractivity contribution is -0.139. The van der Waals surface area contributed by atoms with E-state index in [1.807, 2.05) is 19.1 Å². The van der Waals surface area contributed by atoms with Crippen molar-refractivity contribution in [3.63, 3.8) is 0 Å². The number of ether oxygens (including phenoxy) is 1. The van der Waals surface area contributed by atoms with Gasteiger partial charge in [-0.2, -0.15) is 0 Å². The zero-order valence-electron chi connectivity index (χ0n) is 9.97. The minimum Gasteiger partial charge on any atom is -0.482 e. The standard InChI is InChI=1S/C13H16O4/c1-9(10(2)14)7-11-3-5-12(6-4-11)17-8-13(15)16/h3-6,9H,7-8H2,1-2H3,(H,15,16)/t9-/m0/s1. The Hall–Kier alpha value is -1.84. The van der Waals surface area contributed by atoms with Crippen LogP contribution in [0.4, 0.5) is 0 Å². The molecule has 0 saturated heterocycles. The number of carboxylic acids is 1. The summed E-state index contributed by atoms with van der Waals surface area (Å²) in [4.78, 5) is 21.4. The molecule has 1 aromatic rings. The number of carboxylic acid groups (broad SMARTS) is 1. The number of Topliss-reactive ketones (excluding diaryl/α,β-unsaturated/α-hetero) is 1. The van der Waals surface area contributed by atoms with Crippen LogP contribution in [0.15, 0.2) is 24.3 Å². The lowest BCUT2D eigenvalue weighted by Gasteiger charge is -2.08. The smallest absolute Gasteiger partial charge is 0.341 e. The van der Waals surface area contributed by atoms with Crippen LogP contribution < -0.4 is 4.74 Å². The number of hydrogen-bond donors (Lipinski definition) is 1. The summed E-state index contributed by atoms with van der Waals surface area (Å²) in [6.45, 7) is 3.12. The van der Waals surface area contributed by atoms with Gasteiger partial charge >= 0.3 is 5.97 Å². The maximum absolute atomic E-state index is 11.1. The highest BCUT2D eigenvalue weighted by atomic mass is 16.5. The first-order valence-corrected chi connectivity index (χ1v) is 5.43. The largest absolute Gasteiger partial charge is 0.482 e. The van der Waals surface area contributed by atoms with E-state index in [1.54, 1.807) is 19.1 Å². The van der Waals surface area contributed by atoms with Crippen molar-refractivity contribution >= 4 is 11.8 Å². The molecule has 0 saturated carbocycles. The second-order valence-electron chi connectivity index (χ2n) is 4.04. The molecule has 4 nitrogen and oxygen atoms in total. The SMILES string of the molecule is CC(=O)[C@@H](C)Cc1ccc(OCC(=O)O)cc1. The first kappa shape index (κ1) is 13.2. The Morgan fingerprint density at radius 2 is 1.88 bits per heavy atom. The van der Waals surface area contributed by atoms with Crippen molar-refractivity contribution in [1.82, 2.24) is 0 Å². The number of hydrogen-bond acceptors (Lipinski definition) is 3. The lowest BCUT2D eigenvalue weighted by atomic mass is 9.98. The molecule has 0 amide bonds. The molecule has 0 aliphatic rings. The van der Waals surface area contributed by atoms with Crippen LogP contribution in [0.5, 0.6) is 5.75 Å². The number of carbonyl (C=O) groups is 2. The molecule has 4 heteroatoms. The Bertz CT molecular complexity index is 394. The molecule has 1 N–H and O–H groups in total. The highest BCUT2D eigenvalue weighted by Gasteiger charge is 2.08. The van der Waals surface area contributed by atoms with E-state index in [4.69, 9.17) is 9.84 Å². The van der Waals surface area contributed by atoms with E-state index in [2.05, 4.69) is 0 Å². The van der Waals surface area contributed by atoms with Crippen molar-refractivity contribution < 1.29 is 19.4 Å². The van der Waals surface area contributed by atoms with E-state index < -0.39 is 5.97 Å². The first-order valence-electron chi connectivity index (χ1n) is 5.43. The molecular weight excluding hydrogens is 220 g/mol. The molecule has 0 unspecified atom stereocenters. The van der Waals surface area contributed by atoms with Gasteiger partial charge in [-0.25, -0.2) is 4.79 Å². The van der Waals surface area contributed by atoms with E-state index in [-0.39, 0.29) is 18.3 Å². The monoisotopic (exact) mass is 236 g/mol. The van der Waals surface area contributed by atoms with Gasteiger partial charge in [-0.1, -0.05) is 19.1 Å². The second-order valence-corrected chi connectivity index (χ2v) is 4.04. The molecule has 17 heavy (non-hydrogen) atoms. The van der Waals surface area contributed by atoms with Gasteiger partial charge in [0.05, 0.1) is 0 Å². The van der Waals surface area contributed by atoms with Gasteiger partial charge in [0.2, 0.25) is 0 Å². The van der Waals surface area contributed by atoms with Crippen molar-refractivity contribution in [3.05, 3.63) is 29.8 Å². The topological polar surface area (TPSA) is 63.6 Å². The summed E-state index contributed by atoms with van der Waals surface area (Å²) in [5.41, 5.74) is 1.04. The molecule has 0 aliphatic carbocycles. The average Bonchev–Trinajstić information content (AvgIpc) is 2.28. The number of benzene rings is 1. The fourth-order valence-electron chi connectivity index (χ4n) is 1.36. The third-order valence-electron chi connectivity index (χ3n) is 2.52. The second kappa shape index (κ2) is 6.03. The third-order valence-corrected chi connectivity index (χ3v) is 2.52. The van der Waals surface area contributed by atoms with E-state index in [1.165, 1.54) is 0 Å². The Kier molecular flexibility index (Phi) is 4.69. The number of aliphatic carboxylic acids is 1. The Balaban J connectivity index is 2.55. The Morgan fingerprint density at radius 1 is 1.29 bits per heavy atom. The van der Waals surface area contributed by atoms with Gasteiger partial charge in [0, 0.05) is 5.92 Å². The van der Waals surface area contributed by atoms with E-state index in [0.29, 0.717) is 12.2 Å². The summed E-state index contributed by atoms with van der Waals surface area (Å²) in [7, 11) is 0. The molecule has 0 heterocycles. The van der Waals surface area contributed by atoms with Crippen LogP contribution in [0.1, 0.15) is 19.4 Å². The third kappa shape index (κ3) is 4.68. The summed E-state index contributed by atoms with van der Waals surface area (Å²) in [5, 5.41) is 8.45. The minimum absolute atomic E-state index is 0.000730. The van der Waals surface area contributed by atoms with Crippen LogP contribution in [0.2, 0.25) is 0 Å². The van der Waals surface area contributed by atoms with Gasteiger partial charge in [-0.3, -0.25) is 4.79 Å². The van der Waals surface area contributed by atoms with Crippen molar-refractivity contribution in [1.29, 1.82) is 0 Å². The Labute approximate surface area is 100 Å². The van der Waals surface area contributed by atoms with Gasteiger partial charge < -0.3 is 9.84 Å². The van der Waals surface area contributed by atoms with Crippen molar-refractivity contribution in [2.45, 2.75) is 20.3 Å². The van der Waals surface area contributed by atoms with Crippen LogP contribution in [-0.4, -0.2) is 23.5 Å². The molecule has 0 spiro atoms. The highest BCUT2D eigenvalue weighted by molar-refractivity contribution is 5.78. The van der Waals surface area contributed by atoms with Crippen LogP contribution in [0.25, 0.3) is 0 Å². The maximum atomic E-state index is 11.1. The zero-order valence-corrected chi connectivity index (χ0v) is 9.97. The molecule has 0 aromatic heterocycles. The van der Waals surface area contributed by atoms with E-state index >= 15 is 0 Å². The summed E-state index contributed by atoms with van der Waals surface area (Å²) < 4.78 is 5.01. The maximum Gasteiger partial charge on any atom is 0.341 e. The van der Waals surface area contributed by atoms with Crippen LogP contribution in [0.3, 0.4) is 0 Å². The predicted octanol–water partition coefficient (Wildman–Crippen LogP) is 1.92. The van der Waals surface area contributed by atoms with Crippen LogP contribution >= 0.6 is 0 Å². The van der Waals surface area contributed by atoms with E-state index in [0.717, 1.165) is 5.56 Å². The number of rotatable bonds is 6. The average molecular weight is 236 g/mol. The van der Waals surface area contributed by atoms with Gasteiger partial charge in [-0.05, 0) is 31.0 Å². The van der Waals surface area contributed by atoms with Gasteiger partial charge in [-0.15, -0.1) is 0 Å². The van der Waals surface area contributed by atoms with Gasteiger partial charge in [0.15, 0.2) is 6.61 Å². The molecule has 92 valence electrons. The van der Waals surface area contributed by atoms with E-state index in [9.17, 15) is 9.59 Å². The molecular formula is C13H16O4. The van der Waals surface area contributed by atoms with Crippen molar-refractivity contribution in [2.75, 3.05) is 6.61 Å². The molecule has 0 aliphatic heterocycles. The zero-order chi connectivity index (χ0) is 12.8.